The molecule has 47 heavy (non-hydrogen) atoms. The molecule has 6 rings (SSSR count). The Morgan fingerprint density at radius 1 is 1.09 bits per heavy atom. The lowest BCUT2D eigenvalue weighted by atomic mass is 9.76. The first kappa shape index (κ1) is 33.5. The van der Waals surface area contributed by atoms with Crippen molar-refractivity contribution >= 4 is 32.1 Å². The van der Waals surface area contributed by atoms with Crippen molar-refractivity contribution in [3.8, 4) is 17.6 Å². The summed E-state index contributed by atoms with van der Waals surface area (Å²) in [5, 5.41) is 3.83. The number of benzene rings is 2. The van der Waals surface area contributed by atoms with E-state index in [1.54, 1.807) is 18.2 Å². The van der Waals surface area contributed by atoms with Crippen LogP contribution in [0.5, 0.6) is 5.75 Å². The molecule has 1 saturated carbocycles. The van der Waals surface area contributed by atoms with Crippen molar-refractivity contribution in [1.29, 1.82) is 0 Å². The van der Waals surface area contributed by atoms with Gasteiger partial charge in [-0.3, -0.25) is 0 Å². The van der Waals surface area contributed by atoms with Gasteiger partial charge in [0.25, 0.3) is 0 Å². The van der Waals surface area contributed by atoms with Crippen molar-refractivity contribution in [3.63, 3.8) is 0 Å². The minimum absolute atomic E-state index is 0.115. The number of alkyl halides is 3. The van der Waals surface area contributed by atoms with Crippen LogP contribution in [0.4, 0.5) is 24.5 Å². The number of ether oxygens (including phenoxy) is 2. The summed E-state index contributed by atoms with van der Waals surface area (Å²) >= 11 is 0. The van der Waals surface area contributed by atoms with Crippen LogP contribution in [0.25, 0.3) is 10.9 Å². The third-order valence-corrected chi connectivity index (χ3v) is 11.3. The third kappa shape index (κ3) is 7.37. The zero-order chi connectivity index (χ0) is 33.4. The SMILES string of the molecule is COc1cc(S(C)(=O)=O)ccc1NCC#Cc1cc2c(N(C)[C@H]3CC[C@@H](N4CCC5(CC4)COC5)CC3)cccc2n1CC(F)(F)F. The molecule has 0 radical (unpaired) electrons. The van der Waals surface area contributed by atoms with E-state index in [9.17, 15) is 21.6 Å². The molecule has 0 unspecified atom stereocenters. The standard InChI is InChI=1S/C35H43F3N4O4S/c1-40(25-9-11-26(12-10-25)41-18-15-34(16-19-41)23-46-24-34)31-7-4-8-32-29(31)20-27(42(32)22-35(36,37)38)6-5-17-39-30-14-13-28(47(3,43)44)21-33(30)45-2/h4,7-8,13-14,20-21,25-26,39H,9-12,15-19,22-24H2,1-3H3/t25-,26+. The summed E-state index contributed by atoms with van der Waals surface area (Å²) in [5.41, 5.74) is 2.64. The van der Waals surface area contributed by atoms with Gasteiger partial charge >= 0.3 is 6.18 Å². The van der Waals surface area contributed by atoms with Crippen LogP contribution >= 0.6 is 0 Å². The maximum absolute atomic E-state index is 13.8. The second-order valence-electron chi connectivity index (χ2n) is 13.3. The zero-order valence-corrected chi connectivity index (χ0v) is 28.0. The first-order chi connectivity index (χ1) is 22.4. The van der Waals surface area contributed by atoms with E-state index in [0.717, 1.165) is 69.3 Å². The van der Waals surface area contributed by atoms with Crippen molar-refractivity contribution in [3.05, 3.63) is 48.2 Å². The fourth-order valence-corrected chi connectivity index (χ4v) is 8.04. The molecule has 12 heteroatoms. The van der Waals surface area contributed by atoms with Crippen molar-refractivity contribution in [1.82, 2.24) is 9.47 Å². The number of anilines is 2. The lowest BCUT2D eigenvalue weighted by molar-refractivity contribution is -0.143. The van der Waals surface area contributed by atoms with Crippen LogP contribution in [0.3, 0.4) is 0 Å². The predicted molar refractivity (Wildman–Crippen MR) is 178 cm³/mol. The molecule has 2 aromatic carbocycles. The Hall–Kier alpha value is -3.40. The molecule has 0 amide bonds. The van der Waals surface area contributed by atoms with Gasteiger partial charge in [-0.25, -0.2) is 8.42 Å². The maximum atomic E-state index is 13.8. The molecule has 1 aromatic heterocycles. The molecule has 0 bridgehead atoms. The van der Waals surface area contributed by atoms with Crippen LogP contribution in [0, 0.1) is 17.3 Å². The van der Waals surface area contributed by atoms with Crippen LogP contribution in [0.1, 0.15) is 44.2 Å². The highest BCUT2D eigenvalue weighted by molar-refractivity contribution is 7.90. The number of nitrogens with one attached hydrogen (secondary N) is 1. The monoisotopic (exact) mass is 672 g/mol. The van der Waals surface area contributed by atoms with E-state index in [1.807, 2.05) is 12.1 Å². The molecule has 3 fully saturated rings. The van der Waals surface area contributed by atoms with Crippen LogP contribution in [-0.2, 0) is 21.1 Å². The van der Waals surface area contributed by atoms with Crippen LogP contribution in [-0.4, -0.2) is 89.4 Å². The summed E-state index contributed by atoms with van der Waals surface area (Å²) in [5.74, 6) is 6.23. The van der Waals surface area contributed by atoms with Crippen molar-refractivity contribution in [2.24, 2.45) is 5.41 Å². The molecule has 1 spiro atoms. The largest absolute Gasteiger partial charge is 0.495 e. The molecule has 3 heterocycles. The molecule has 1 N–H and O–H groups in total. The predicted octanol–water partition coefficient (Wildman–Crippen LogP) is 5.94. The van der Waals surface area contributed by atoms with Gasteiger partial charge in [0, 0.05) is 47.9 Å². The van der Waals surface area contributed by atoms with Gasteiger partial charge in [-0.1, -0.05) is 12.0 Å². The van der Waals surface area contributed by atoms with E-state index in [-0.39, 0.29) is 17.1 Å². The fraction of sp³-hybridized carbons (Fsp3) is 0.543. The first-order valence-corrected chi connectivity index (χ1v) is 18.1. The number of sulfone groups is 1. The molecule has 2 saturated heterocycles. The Labute approximate surface area is 275 Å². The van der Waals surface area contributed by atoms with Crippen molar-refractivity contribution in [2.45, 2.75) is 68.2 Å². The maximum Gasteiger partial charge on any atom is 0.406 e. The molecule has 3 aromatic rings. The summed E-state index contributed by atoms with van der Waals surface area (Å²) in [7, 11) is 0.0761. The van der Waals surface area contributed by atoms with Gasteiger partial charge in [0.05, 0.1) is 48.7 Å². The number of fused-ring (bicyclic) bond motifs is 1. The molecular weight excluding hydrogens is 629 g/mol. The Balaban J connectivity index is 1.17. The Kier molecular flexibility index (Phi) is 9.44. The first-order valence-electron chi connectivity index (χ1n) is 16.2. The number of hydrogen-bond acceptors (Lipinski definition) is 7. The number of rotatable bonds is 8. The molecule has 8 nitrogen and oxygen atoms in total. The smallest absolute Gasteiger partial charge is 0.406 e. The Morgan fingerprint density at radius 2 is 1.81 bits per heavy atom. The summed E-state index contributed by atoms with van der Waals surface area (Å²) in [4.78, 5) is 5.03. The van der Waals surface area contributed by atoms with Crippen molar-refractivity contribution in [2.75, 3.05) is 63.5 Å². The minimum atomic E-state index is -4.42. The summed E-state index contributed by atoms with van der Waals surface area (Å²) in [6.45, 7) is 3.08. The average molecular weight is 673 g/mol. The second kappa shape index (κ2) is 13.2. The number of hydrogen-bond donors (Lipinski definition) is 1. The number of piperidine rings is 1. The molecular formula is C35H43F3N4O4S. The second-order valence-corrected chi connectivity index (χ2v) is 15.3. The molecule has 2 aliphatic heterocycles. The van der Waals surface area contributed by atoms with E-state index in [0.29, 0.717) is 34.5 Å². The van der Waals surface area contributed by atoms with Gasteiger partial charge in [0.15, 0.2) is 9.84 Å². The van der Waals surface area contributed by atoms with E-state index < -0.39 is 22.6 Å². The third-order valence-electron chi connectivity index (χ3n) is 10.2. The highest BCUT2D eigenvalue weighted by Crippen LogP contribution is 2.41. The summed E-state index contributed by atoms with van der Waals surface area (Å²) in [6.07, 6.45) is 3.45. The van der Waals surface area contributed by atoms with E-state index in [4.69, 9.17) is 9.47 Å². The van der Waals surface area contributed by atoms with Gasteiger partial charge in [0.1, 0.15) is 12.3 Å². The quantitative estimate of drug-likeness (QED) is 0.297. The molecule has 3 aliphatic rings. The number of halogens is 3. The Bertz CT molecular complexity index is 1760. The average Bonchev–Trinajstić information content (AvgIpc) is 3.37. The normalized spacial score (nSPS) is 21.6. The molecule has 254 valence electrons. The van der Waals surface area contributed by atoms with Gasteiger partial charge in [-0.2, -0.15) is 13.2 Å². The van der Waals surface area contributed by atoms with Crippen LogP contribution in [0.2, 0.25) is 0 Å². The number of aromatic nitrogens is 1. The number of methoxy groups -OCH3 is 1. The molecule has 0 atom stereocenters. The Morgan fingerprint density at radius 3 is 2.43 bits per heavy atom. The lowest BCUT2D eigenvalue weighted by Crippen LogP contribution is -2.54. The lowest BCUT2D eigenvalue weighted by Gasteiger charge is -2.50. The highest BCUT2D eigenvalue weighted by Gasteiger charge is 2.42. The minimum Gasteiger partial charge on any atom is -0.495 e. The fourth-order valence-electron chi connectivity index (χ4n) is 7.40. The van der Waals surface area contributed by atoms with Gasteiger partial charge < -0.3 is 29.2 Å². The highest BCUT2D eigenvalue weighted by atomic mass is 32.2. The van der Waals surface area contributed by atoms with Crippen LogP contribution in [0.15, 0.2) is 47.4 Å². The van der Waals surface area contributed by atoms with Gasteiger partial charge in [0.2, 0.25) is 0 Å². The summed E-state index contributed by atoms with van der Waals surface area (Å²) < 4.78 is 77.2. The van der Waals surface area contributed by atoms with Gasteiger partial charge in [-0.15, -0.1) is 0 Å². The van der Waals surface area contributed by atoms with E-state index in [1.165, 1.54) is 36.7 Å². The molecule has 1 aliphatic carbocycles. The van der Waals surface area contributed by atoms with Gasteiger partial charge in [-0.05, 0) is 87.9 Å². The van der Waals surface area contributed by atoms with E-state index >= 15 is 0 Å². The topological polar surface area (TPSA) is 76.0 Å². The number of likely N-dealkylation sites (tertiary alicyclic amines) is 1. The summed E-state index contributed by atoms with van der Waals surface area (Å²) in [6, 6.07) is 12.7. The van der Waals surface area contributed by atoms with E-state index in [2.05, 4.69) is 34.0 Å². The number of nitrogens with zero attached hydrogens (tertiary/aromatic N) is 3. The van der Waals surface area contributed by atoms with Crippen molar-refractivity contribution < 1.29 is 31.1 Å². The zero-order valence-electron chi connectivity index (χ0n) is 27.2. The van der Waals surface area contributed by atoms with Crippen LogP contribution < -0.4 is 15.0 Å².